The fourth-order valence-corrected chi connectivity index (χ4v) is 13.1. The van der Waals surface area contributed by atoms with E-state index in [0.29, 0.717) is 0 Å². The van der Waals surface area contributed by atoms with Crippen molar-refractivity contribution in [1.82, 2.24) is 0 Å². The molecule has 0 unspecified atom stereocenters. The summed E-state index contributed by atoms with van der Waals surface area (Å²) in [4.78, 5) is 4.81. The summed E-state index contributed by atoms with van der Waals surface area (Å²) in [5, 5.41) is 11.5. The van der Waals surface area contributed by atoms with Crippen LogP contribution in [0.1, 0.15) is 25.0 Å². The van der Waals surface area contributed by atoms with Gasteiger partial charge in [0.15, 0.2) is 11.2 Å². The Bertz CT molecular complexity index is 4920. The zero-order valence-corrected chi connectivity index (χ0v) is 43.6. The molecule has 0 aliphatic heterocycles. The number of para-hydroxylation sites is 4. The van der Waals surface area contributed by atoms with Crippen LogP contribution in [0.2, 0.25) is 0 Å². The number of hydrogen-bond donors (Lipinski definition) is 0. The highest BCUT2D eigenvalue weighted by Gasteiger charge is 2.39. The summed E-state index contributed by atoms with van der Waals surface area (Å²) in [5.74, 6) is 0. The van der Waals surface area contributed by atoms with Crippen LogP contribution in [-0.4, -0.2) is 0 Å². The van der Waals surface area contributed by atoms with Crippen molar-refractivity contribution in [3.05, 3.63) is 278 Å². The molecule has 0 saturated heterocycles. The fraction of sp³-hybridized carbons (Fsp3) is 0.0400. The first-order valence-corrected chi connectivity index (χ1v) is 27.2. The highest BCUT2D eigenvalue weighted by atomic mass is 16.3. The number of fused-ring (bicyclic) bond motifs is 15. The van der Waals surface area contributed by atoms with Gasteiger partial charge in [-0.25, -0.2) is 0 Å². The molecule has 2 heterocycles. The second-order valence-corrected chi connectivity index (χ2v) is 21.5. The number of hydrogen-bond acceptors (Lipinski definition) is 4. The van der Waals surface area contributed by atoms with Gasteiger partial charge in [-0.2, -0.15) is 0 Å². The average molecular weight is 1010 g/mol. The molecular formula is C75H50N2O2. The lowest BCUT2D eigenvalue weighted by Crippen LogP contribution is -2.18. The SMILES string of the molecule is CC1(C)c2cc(N(c3ccccc3)c3cccc4c3oc3c(-c5ccccc5)cc5ccccc5c34)ccc2-c2c1cc(N(c1ccccc1)c1cccc3c1oc1c(-c4ccccc4)cc4ccccc4c13)c1ccccc21. The smallest absolute Gasteiger partial charge is 0.159 e. The summed E-state index contributed by atoms with van der Waals surface area (Å²) in [5.41, 5.74) is 18.7. The largest absolute Gasteiger partial charge is 0.453 e. The molecule has 1 aliphatic rings. The van der Waals surface area contributed by atoms with Crippen molar-refractivity contribution in [3.8, 4) is 33.4 Å². The first-order valence-electron chi connectivity index (χ1n) is 27.2. The van der Waals surface area contributed by atoms with Crippen molar-refractivity contribution in [2.24, 2.45) is 0 Å². The van der Waals surface area contributed by atoms with Crippen molar-refractivity contribution in [3.63, 3.8) is 0 Å². The van der Waals surface area contributed by atoms with Gasteiger partial charge in [0.2, 0.25) is 0 Å². The van der Waals surface area contributed by atoms with Crippen LogP contribution in [0.5, 0.6) is 0 Å². The molecule has 2 aromatic heterocycles. The minimum atomic E-state index is -0.409. The summed E-state index contributed by atoms with van der Waals surface area (Å²) >= 11 is 0. The van der Waals surface area contributed by atoms with Crippen molar-refractivity contribution in [2.45, 2.75) is 19.3 Å². The maximum atomic E-state index is 7.34. The van der Waals surface area contributed by atoms with Crippen LogP contribution in [0.15, 0.2) is 276 Å². The van der Waals surface area contributed by atoms with Gasteiger partial charge in [0.05, 0.1) is 17.1 Å². The van der Waals surface area contributed by atoms with Gasteiger partial charge >= 0.3 is 0 Å². The lowest BCUT2D eigenvalue weighted by atomic mass is 9.81. The minimum Gasteiger partial charge on any atom is -0.453 e. The second-order valence-electron chi connectivity index (χ2n) is 21.5. The van der Waals surface area contributed by atoms with Crippen molar-refractivity contribution in [2.75, 3.05) is 9.80 Å². The first kappa shape index (κ1) is 45.1. The zero-order valence-electron chi connectivity index (χ0n) is 43.6. The summed E-state index contributed by atoms with van der Waals surface area (Å²) in [7, 11) is 0. The molecule has 0 radical (unpaired) electrons. The van der Waals surface area contributed by atoms with Crippen LogP contribution < -0.4 is 9.80 Å². The van der Waals surface area contributed by atoms with Crippen LogP contribution in [0.3, 0.4) is 0 Å². The van der Waals surface area contributed by atoms with Crippen LogP contribution in [0.25, 0.3) is 110 Å². The van der Waals surface area contributed by atoms with E-state index in [1.54, 1.807) is 0 Å². The Hall–Kier alpha value is -10.2. The molecule has 4 nitrogen and oxygen atoms in total. The molecule has 0 amide bonds. The number of benzene rings is 13. The molecule has 79 heavy (non-hydrogen) atoms. The Morgan fingerprint density at radius 2 is 0.734 bits per heavy atom. The van der Waals surface area contributed by atoms with Crippen LogP contribution in [0, 0.1) is 0 Å². The molecule has 13 aromatic carbocycles. The molecule has 372 valence electrons. The molecule has 15 aromatic rings. The van der Waals surface area contributed by atoms with E-state index in [0.717, 1.165) is 106 Å². The third-order valence-corrected chi connectivity index (χ3v) is 16.8. The standard InChI is InChI=1S/C75H50N2O2/c1-75(2)63-45-53(76(51-29-11-5-12-30-51)65-39-21-37-59-69-54-33-17-15-27-49(54)43-61(73(69)78-71(59)65)47-23-7-3-8-24-47)41-42-58(63)68-57-36-20-19-35-56(57)67(46-64(68)75)77(52-31-13-6-14-32-52)66-40-22-38-60-70-55-34-18-16-28-50(55)44-62(74(70)79-72(60)66)48-25-9-4-10-26-48/h3-46H,1-2H3. The monoisotopic (exact) mass is 1010 g/mol. The van der Waals surface area contributed by atoms with Crippen molar-refractivity contribution >= 4 is 110 Å². The van der Waals surface area contributed by atoms with Crippen LogP contribution in [-0.2, 0) is 5.41 Å². The number of anilines is 6. The van der Waals surface area contributed by atoms with E-state index in [1.165, 1.54) is 49.2 Å². The lowest BCUT2D eigenvalue weighted by Gasteiger charge is -2.30. The van der Waals surface area contributed by atoms with Gasteiger partial charge in [-0.3, -0.25) is 0 Å². The number of rotatable bonds is 8. The predicted octanol–water partition coefficient (Wildman–Crippen LogP) is 21.5. The van der Waals surface area contributed by atoms with Crippen molar-refractivity contribution in [1.29, 1.82) is 0 Å². The Morgan fingerprint density at radius 3 is 1.28 bits per heavy atom. The quantitative estimate of drug-likeness (QED) is 0.152. The van der Waals surface area contributed by atoms with Gasteiger partial charge < -0.3 is 18.6 Å². The molecule has 0 atom stereocenters. The van der Waals surface area contributed by atoms with E-state index in [4.69, 9.17) is 8.83 Å². The third-order valence-electron chi connectivity index (χ3n) is 16.8. The van der Waals surface area contributed by atoms with E-state index in [2.05, 4.69) is 291 Å². The Labute approximate surface area is 457 Å². The summed E-state index contributed by atoms with van der Waals surface area (Å²) in [6, 6.07) is 96.5. The third kappa shape index (κ3) is 6.81. The molecule has 16 rings (SSSR count). The maximum absolute atomic E-state index is 7.34. The lowest BCUT2D eigenvalue weighted by molar-refractivity contribution is 0.660. The maximum Gasteiger partial charge on any atom is 0.159 e. The van der Waals surface area contributed by atoms with Crippen molar-refractivity contribution < 1.29 is 8.83 Å². The normalized spacial score (nSPS) is 12.8. The van der Waals surface area contributed by atoms with E-state index < -0.39 is 5.41 Å². The van der Waals surface area contributed by atoms with Gasteiger partial charge in [0, 0.05) is 60.5 Å². The van der Waals surface area contributed by atoms with E-state index in [9.17, 15) is 0 Å². The van der Waals surface area contributed by atoms with Crippen LogP contribution in [0.4, 0.5) is 34.1 Å². The van der Waals surface area contributed by atoms with Gasteiger partial charge in [0.25, 0.3) is 0 Å². The zero-order chi connectivity index (χ0) is 52.3. The second kappa shape index (κ2) is 17.4. The topological polar surface area (TPSA) is 32.8 Å². The summed E-state index contributed by atoms with van der Waals surface area (Å²) in [6.45, 7) is 4.79. The molecule has 4 heteroatoms. The molecular weight excluding hydrogens is 961 g/mol. The number of nitrogens with zero attached hydrogens (tertiary/aromatic N) is 2. The predicted molar refractivity (Wildman–Crippen MR) is 331 cm³/mol. The fourth-order valence-electron chi connectivity index (χ4n) is 13.1. The van der Waals surface area contributed by atoms with E-state index in [-0.39, 0.29) is 0 Å². The summed E-state index contributed by atoms with van der Waals surface area (Å²) in [6.07, 6.45) is 0. The van der Waals surface area contributed by atoms with E-state index >= 15 is 0 Å². The molecule has 0 fully saturated rings. The number of furan rings is 2. The molecule has 0 saturated carbocycles. The highest BCUT2D eigenvalue weighted by molar-refractivity contribution is 6.26. The Kier molecular flexibility index (Phi) is 9.95. The minimum absolute atomic E-state index is 0.409. The molecule has 0 spiro atoms. The van der Waals surface area contributed by atoms with Gasteiger partial charge in [-0.15, -0.1) is 0 Å². The molecule has 1 aliphatic carbocycles. The van der Waals surface area contributed by atoms with Crippen LogP contribution >= 0.6 is 0 Å². The molecule has 0 bridgehead atoms. The summed E-state index contributed by atoms with van der Waals surface area (Å²) < 4.78 is 14.6. The van der Waals surface area contributed by atoms with Gasteiger partial charge in [0.1, 0.15) is 11.2 Å². The average Bonchev–Trinajstić information content (AvgIpc) is 4.37. The van der Waals surface area contributed by atoms with Gasteiger partial charge in [-0.1, -0.05) is 214 Å². The first-order chi connectivity index (χ1) is 39.0. The Morgan fingerprint density at radius 1 is 0.291 bits per heavy atom. The molecule has 0 N–H and O–H groups in total. The van der Waals surface area contributed by atoms with Gasteiger partial charge in [-0.05, 0) is 127 Å². The van der Waals surface area contributed by atoms with E-state index in [1.807, 2.05) is 0 Å². The Balaban J connectivity index is 0.897. The highest BCUT2D eigenvalue weighted by Crippen LogP contribution is 2.57.